The van der Waals surface area contributed by atoms with Crippen molar-refractivity contribution in [1.82, 2.24) is 9.78 Å². The first-order chi connectivity index (χ1) is 9.06. The van der Waals surface area contributed by atoms with Crippen LogP contribution in [-0.4, -0.2) is 26.8 Å². The van der Waals surface area contributed by atoms with Gasteiger partial charge in [-0.2, -0.15) is 5.10 Å². The molecular weight excluding hydrogens is 246 g/mol. The summed E-state index contributed by atoms with van der Waals surface area (Å²) in [7, 11) is 0. The van der Waals surface area contributed by atoms with Crippen LogP contribution in [0.1, 0.15) is 22.8 Å². The monoisotopic (exact) mass is 259 g/mol. The standard InChI is InChI=1S/C13H13N3O3/c1-9(17)14-12-11(13(18)19)8-16(15-12)7-10-5-3-2-4-6-10/h2-6,8H,7H2,1H3,(H,18,19)(H,14,15,17). The topological polar surface area (TPSA) is 84.2 Å². The van der Waals surface area contributed by atoms with Gasteiger partial charge < -0.3 is 10.4 Å². The number of hydrogen-bond acceptors (Lipinski definition) is 3. The minimum Gasteiger partial charge on any atom is -0.477 e. The average molecular weight is 259 g/mol. The number of carbonyl (C=O) groups excluding carboxylic acids is 1. The number of anilines is 1. The summed E-state index contributed by atoms with van der Waals surface area (Å²) in [4.78, 5) is 22.1. The van der Waals surface area contributed by atoms with Gasteiger partial charge in [-0.3, -0.25) is 9.48 Å². The number of amides is 1. The van der Waals surface area contributed by atoms with Crippen molar-refractivity contribution in [3.8, 4) is 0 Å². The molecule has 0 saturated carbocycles. The van der Waals surface area contributed by atoms with Crippen LogP contribution in [0.15, 0.2) is 36.5 Å². The van der Waals surface area contributed by atoms with E-state index < -0.39 is 5.97 Å². The highest BCUT2D eigenvalue weighted by Crippen LogP contribution is 2.14. The maximum atomic E-state index is 11.1. The van der Waals surface area contributed by atoms with Crippen LogP contribution in [0.3, 0.4) is 0 Å². The Kier molecular flexibility index (Phi) is 3.61. The summed E-state index contributed by atoms with van der Waals surface area (Å²) in [5.74, 6) is -1.41. The molecule has 1 aromatic heterocycles. The summed E-state index contributed by atoms with van der Waals surface area (Å²) in [6, 6.07) is 9.52. The number of nitrogens with zero attached hydrogens (tertiary/aromatic N) is 2. The van der Waals surface area contributed by atoms with Crippen LogP contribution in [-0.2, 0) is 11.3 Å². The lowest BCUT2D eigenvalue weighted by molar-refractivity contribution is -0.114. The molecule has 1 amide bonds. The van der Waals surface area contributed by atoms with E-state index in [9.17, 15) is 9.59 Å². The molecular formula is C13H13N3O3. The van der Waals surface area contributed by atoms with E-state index in [0.717, 1.165) is 5.56 Å². The average Bonchev–Trinajstić information content (AvgIpc) is 2.72. The molecule has 0 unspecified atom stereocenters. The van der Waals surface area contributed by atoms with E-state index in [4.69, 9.17) is 5.11 Å². The largest absolute Gasteiger partial charge is 0.477 e. The molecule has 0 bridgehead atoms. The Balaban J connectivity index is 2.27. The molecule has 2 rings (SSSR count). The van der Waals surface area contributed by atoms with Gasteiger partial charge in [0.05, 0.1) is 6.54 Å². The number of carboxylic acids is 1. The number of benzene rings is 1. The van der Waals surface area contributed by atoms with E-state index in [1.54, 1.807) is 0 Å². The quantitative estimate of drug-likeness (QED) is 0.873. The maximum absolute atomic E-state index is 11.1. The molecule has 6 nitrogen and oxygen atoms in total. The minimum atomic E-state index is -1.12. The van der Waals surface area contributed by atoms with Gasteiger partial charge in [-0.05, 0) is 5.56 Å². The Morgan fingerprint density at radius 1 is 1.32 bits per heavy atom. The van der Waals surface area contributed by atoms with Crippen LogP contribution in [0, 0.1) is 0 Å². The van der Waals surface area contributed by atoms with Gasteiger partial charge >= 0.3 is 5.97 Å². The molecule has 1 heterocycles. The summed E-state index contributed by atoms with van der Waals surface area (Å²) in [6.07, 6.45) is 1.40. The van der Waals surface area contributed by atoms with Gasteiger partial charge in [0, 0.05) is 13.1 Å². The third-order valence-electron chi connectivity index (χ3n) is 2.47. The van der Waals surface area contributed by atoms with Crippen LogP contribution in [0.4, 0.5) is 5.82 Å². The van der Waals surface area contributed by atoms with Crippen molar-refractivity contribution in [3.63, 3.8) is 0 Å². The van der Waals surface area contributed by atoms with Crippen molar-refractivity contribution >= 4 is 17.7 Å². The van der Waals surface area contributed by atoms with Crippen molar-refractivity contribution in [2.24, 2.45) is 0 Å². The van der Waals surface area contributed by atoms with E-state index in [1.807, 2.05) is 30.3 Å². The number of hydrogen-bond donors (Lipinski definition) is 2. The highest BCUT2D eigenvalue weighted by Gasteiger charge is 2.16. The van der Waals surface area contributed by atoms with Gasteiger partial charge in [0.15, 0.2) is 5.82 Å². The molecule has 0 spiro atoms. The van der Waals surface area contributed by atoms with E-state index >= 15 is 0 Å². The molecule has 1 aromatic carbocycles. The Labute approximate surface area is 109 Å². The van der Waals surface area contributed by atoms with Gasteiger partial charge in [0.1, 0.15) is 5.56 Å². The Morgan fingerprint density at radius 3 is 2.58 bits per heavy atom. The lowest BCUT2D eigenvalue weighted by Crippen LogP contribution is -2.10. The van der Waals surface area contributed by atoms with Crippen LogP contribution in [0.5, 0.6) is 0 Å². The fourth-order valence-corrected chi connectivity index (χ4v) is 1.69. The summed E-state index contributed by atoms with van der Waals surface area (Å²) in [6.45, 7) is 1.75. The second kappa shape index (κ2) is 5.34. The summed E-state index contributed by atoms with van der Waals surface area (Å²) < 4.78 is 1.49. The molecule has 0 aliphatic carbocycles. The summed E-state index contributed by atoms with van der Waals surface area (Å²) >= 11 is 0. The van der Waals surface area contributed by atoms with Gasteiger partial charge in [-0.15, -0.1) is 0 Å². The smallest absolute Gasteiger partial charge is 0.341 e. The lowest BCUT2D eigenvalue weighted by Gasteiger charge is -2.01. The predicted molar refractivity (Wildman–Crippen MR) is 69.0 cm³/mol. The zero-order valence-electron chi connectivity index (χ0n) is 10.3. The normalized spacial score (nSPS) is 10.2. The molecule has 0 atom stereocenters. The highest BCUT2D eigenvalue weighted by molar-refractivity contribution is 5.98. The Morgan fingerprint density at radius 2 is 2.00 bits per heavy atom. The molecule has 0 saturated heterocycles. The van der Waals surface area contributed by atoms with Crippen molar-refractivity contribution in [3.05, 3.63) is 47.7 Å². The van der Waals surface area contributed by atoms with Crippen LogP contribution in [0.25, 0.3) is 0 Å². The Bertz CT molecular complexity index is 605. The number of nitrogens with one attached hydrogen (secondary N) is 1. The highest BCUT2D eigenvalue weighted by atomic mass is 16.4. The van der Waals surface area contributed by atoms with E-state index in [2.05, 4.69) is 10.4 Å². The second-order valence-electron chi connectivity index (χ2n) is 4.06. The minimum absolute atomic E-state index is 0.0221. The van der Waals surface area contributed by atoms with Gasteiger partial charge in [-0.1, -0.05) is 30.3 Å². The third-order valence-corrected chi connectivity index (χ3v) is 2.47. The molecule has 0 fully saturated rings. The zero-order chi connectivity index (χ0) is 13.8. The van der Waals surface area contributed by atoms with Crippen molar-refractivity contribution in [2.75, 3.05) is 5.32 Å². The summed E-state index contributed by atoms with van der Waals surface area (Å²) in [5.41, 5.74) is 0.974. The first-order valence-electron chi connectivity index (χ1n) is 5.68. The van der Waals surface area contributed by atoms with Crippen molar-refractivity contribution in [1.29, 1.82) is 0 Å². The van der Waals surface area contributed by atoms with Gasteiger partial charge in [0.2, 0.25) is 5.91 Å². The third kappa shape index (κ3) is 3.19. The number of rotatable bonds is 4. The first-order valence-corrected chi connectivity index (χ1v) is 5.68. The fraction of sp³-hybridized carbons (Fsp3) is 0.154. The molecule has 0 radical (unpaired) electrons. The van der Waals surface area contributed by atoms with Crippen molar-refractivity contribution < 1.29 is 14.7 Å². The lowest BCUT2D eigenvalue weighted by atomic mass is 10.2. The molecule has 2 aromatic rings. The molecule has 0 aliphatic rings. The molecule has 0 aliphatic heterocycles. The van der Waals surface area contributed by atoms with Gasteiger partial charge in [0.25, 0.3) is 0 Å². The predicted octanol–water partition coefficient (Wildman–Crippen LogP) is 1.59. The van der Waals surface area contributed by atoms with Crippen molar-refractivity contribution in [2.45, 2.75) is 13.5 Å². The maximum Gasteiger partial charge on any atom is 0.341 e. The van der Waals surface area contributed by atoms with E-state index in [1.165, 1.54) is 17.8 Å². The fourth-order valence-electron chi connectivity index (χ4n) is 1.69. The first kappa shape index (κ1) is 12.8. The van der Waals surface area contributed by atoms with Crippen LogP contribution in [0.2, 0.25) is 0 Å². The molecule has 6 heteroatoms. The Hall–Kier alpha value is -2.63. The molecule has 2 N–H and O–H groups in total. The van der Waals surface area contributed by atoms with E-state index in [0.29, 0.717) is 6.54 Å². The van der Waals surface area contributed by atoms with Crippen LogP contribution >= 0.6 is 0 Å². The number of carbonyl (C=O) groups is 2. The van der Waals surface area contributed by atoms with Crippen LogP contribution < -0.4 is 5.32 Å². The van der Waals surface area contributed by atoms with Gasteiger partial charge in [-0.25, -0.2) is 4.79 Å². The van der Waals surface area contributed by atoms with E-state index in [-0.39, 0.29) is 17.3 Å². The second-order valence-corrected chi connectivity index (χ2v) is 4.06. The zero-order valence-corrected chi connectivity index (χ0v) is 10.3. The SMILES string of the molecule is CC(=O)Nc1nn(Cc2ccccc2)cc1C(=O)O. The number of carboxylic acid groups (broad SMARTS) is 1. The number of aromatic carboxylic acids is 1. The number of aromatic nitrogens is 2. The summed E-state index contributed by atoms with van der Waals surface area (Å²) in [5, 5.41) is 15.5. The molecule has 19 heavy (non-hydrogen) atoms. The molecule has 98 valence electrons.